The molecule has 0 spiro atoms. The van der Waals surface area contributed by atoms with Crippen molar-refractivity contribution in [3.05, 3.63) is 59.0 Å². The number of halogens is 2. The van der Waals surface area contributed by atoms with E-state index in [-0.39, 0.29) is 35.8 Å². The molecule has 0 bridgehead atoms. The molecular formula is C17H19Cl2N5O2S. The van der Waals surface area contributed by atoms with Crippen LogP contribution < -0.4 is 5.73 Å². The molecule has 1 fully saturated rings. The molecule has 4 rings (SSSR count). The fourth-order valence-electron chi connectivity index (χ4n) is 3.32. The van der Waals surface area contributed by atoms with Gasteiger partial charge in [0.2, 0.25) is 10.0 Å². The van der Waals surface area contributed by atoms with E-state index < -0.39 is 10.0 Å². The van der Waals surface area contributed by atoms with Crippen molar-refractivity contribution in [2.24, 2.45) is 5.73 Å². The van der Waals surface area contributed by atoms with Gasteiger partial charge in [0, 0.05) is 25.0 Å². The van der Waals surface area contributed by atoms with Crippen molar-refractivity contribution < 1.29 is 8.42 Å². The summed E-state index contributed by atoms with van der Waals surface area (Å²) in [6.45, 7) is 2.35. The van der Waals surface area contributed by atoms with Gasteiger partial charge in [-0.1, -0.05) is 41.9 Å². The number of aromatic nitrogens is 3. The van der Waals surface area contributed by atoms with Gasteiger partial charge < -0.3 is 5.73 Å². The molecule has 0 radical (unpaired) electrons. The Morgan fingerprint density at radius 3 is 2.63 bits per heavy atom. The quantitative estimate of drug-likeness (QED) is 0.691. The molecule has 0 saturated carbocycles. The molecule has 1 aromatic carbocycles. The van der Waals surface area contributed by atoms with Crippen molar-refractivity contribution in [2.45, 2.75) is 23.8 Å². The van der Waals surface area contributed by atoms with Gasteiger partial charge in [0.05, 0.1) is 18.1 Å². The van der Waals surface area contributed by atoms with Crippen molar-refractivity contribution in [1.82, 2.24) is 18.9 Å². The number of sulfonamides is 1. The van der Waals surface area contributed by atoms with E-state index in [0.29, 0.717) is 22.9 Å². The van der Waals surface area contributed by atoms with Gasteiger partial charge in [-0.2, -0.15) is 9.40 Å². The molecule has 27 heavy (non-hydrogen) atoms. The highest BCUT2D eigenvalue weighted by Crippen LogP contribution is 2.30. The molecule has 1 aliphatic heterocycles. The molecule has 1 saturated heterocycles. The molecule has 2 aromatic heterocycles. The zero-order valence-electron chi connectivity index (χ0n) is 14.5. The molecule has 7 nitrogen and oxygen atoms in total. The number of hydrogen-bond acceptors (Lipinski definition) is 5. The minimum Gasteiger partial charge on any atom is -0.326 e. The fourth-order valence-corrected chi connectivity index (χ4v) is 4.94. The minimum atomic E-state index is -3.72. The van der Waals surface area contributed by atoms with Gasteiger partial charge in [0.25, 0.3) is 0 Å². The van der Waals surface area contributed by atoms with E-state index in [4.69, 9.17) is 17.3 Å². The van der Waals surface area contributed by atoms with Crippen LogP contribution in [-0.4, -0.2) is 46.5 Å². The Bertz CT molecular complexity index is 1070. The van der Waals surface area contributed by atoms with Crippen LogP contribution in [-0.2, 0) is 10.0 Å². The van der Waals surface area contributed by atoms with Crippen LogP contribution in [0, 0.1) is 6.92 Å². The van der Waals surface area contributed by atoms with Gasteiger partial charge in [-0.3, -0.25) is 0 Å². The average Bonchev–Trinajstić information content (AvgIpc) is 3.16. The van der Waals surface area contributed by atoms with Crippen LogP contribution in [0.25, 0.3) is 5.65 Å². The van der Waals surface area contributed by atoms with Crippen LogP contribution in [0.15, 0.2) is 47.6 Å². The van der Waals surface area contributed by atoms with Crippen molar-refractivity contribution in [2.75, 3.05) is 13.1 Å². The van der Waals surface area contributed by atoms with E-state index in [1.807, 2.05) is 30.3 Å². The average molecular weight is 428 g/mol. The normalized spacial score (nSPS) is 20.7. The number of aryl methyl sites for hydroxylation is 1. The Kier molecular flexibility index (Phi) is 5.47. The lowest BCUT2D eigenvalue weighted by molar-refractivity contribution is 0.469. The van der Waals surface area contributed by atoms with E-state index in [1.165, 1.54) is 21.2 Å². The van der Waals surface area contributed by atoms with Crippen LogP contribution in [0.3, 0.4) is 0 Å². The Balaban J connectivity index is 0.00000210. The summed E-state index contributed by atoms with van der Waals surface area (Å²) in [5.74, 6) is -0.0379. The molecule has 144 valence electrons. The zero-order valence-corrected chi connectivity index (χ0v) is 16.9. The van der Waals surface area contributed by atoms with Crippen LogP contribution in [0.4, 0.5) is 0 Å². The first kappa shape index (κ1) is 20.0. The smallest absolute Gasteiger partial charge is 0.246 e. The third-order valence-corrected chi connectivity index (χ3v) is 6.98. The van der Waals surface area contributed by atoms with E-state index in [9.17, 15) is 8.42 Å². The molecule has 0 unspecified atom stereocenters. The van der Waals surface area contributed by atoms with Crippen molar-refractivity contribution in [3.8, 4) is 0 Å². The standard InChI is InChI=1S/C17H18ClN5O2S.ClH/c1-11-16(18)17-20-7-13(8-23(17)21-11)26(24,25)22-9-14(15(19)10-22)12-5-3-2-4-6-12;/h2-8,14-15H,9-10,19H2,1H3;1H/t14-,15+;/m0./s1. The van der Waals surface area contributed by atoms with E-state index >= 15 is 0 Å². The van der Waals surface area contributed by atoms with Crippen molar-refractivity contribution in [3.63, 3.8) is 0 Å². The second-order valence-electron chi connectivity index (χ2n) is 6.46. The summed E-state index contributed by atoms with van der Waals surface area (Å²) in [5.41, 5.74) is 8.31. The van der Waals surface area contributed by atoms with Gasteiger partial charge in [0.1, 0.15) is 9.92 Å². The lowest BCUT2D eigenvalue weighted by Gasteiger charge is -2.16. The summed E-state index contributed by atoms with van der Waals surface area (Å²) in [6, 6.07) is 9.48. The van der Waals surface area contributed by atoms with Crippen LogP contribution in [0.1, 0.15) is 17.2 Å². The predicted molar refractivity (Wildman–Crippen MR) is 106 cm³/mol. The molecular weight excluding hydrogens is 409 g/mol. The third-order valence-electron chi connectivity index (χ3n) is 4.75. The third kappa shape index (κ3) is 3.43. The largest absolute Gasteiger partial charge is 0.326 e. The summed E-state index contributed by atoms with van der Waals surface area (Å²) in [5, 5.41) is 4.62. The predicted octanol–water partition coefficient (Wildman–Crippen LogP) is 2.23. The molecule has 3 aromatic rings. The second-order valence-corrected chi connectivity index (χ2v) is 8.78. The molecule has 3 heterocycles. The summed E-state index contributed by atoms with van der Waals surface area (Å²) < 4.78 is 28.9. The van der Waals surface area contributed by atoms with Gasteiger partial charge in [-0.15, -0.1) is 12.4 Å². The van der Waals surface area contributed by atoms with E-state index in [1.54, 1.807) is 6.92 Å². The molecule has 10 heteroatoms. The Labute approximate surface area is 168 Å². The van der Waals surface area contributed by atoms with Crippen LogP contribution >= 0.6 is 24.0 Å². The SMILES string of the molecule is Cc1nn2cc(S(=O)(=O)N3C[C@@H](N)[C@H](c4ccccc4)C3)cnc2c1Cl.Cl. The van der Waals surface area contributed by atoms with Crippen LogP contribution in [0.2, 0.25) is 5.02 Å². The van der Waals surface area contributed by atoms with Gasteiger partial charge >= 0.3 is 0 Å². The molecule has 0 aliphatic carbocycles. The Morgan fingerprint density at radius 2 is 1.93 bits per heavy atom. The molecule has 2 N–H and O–H groups in total. The lowest BCUT2D eigenvalue weighted by Crippen LogP contribution is -2.32. The van der Waals surface area contributed by atoms with E-state index in [0.717, 1.165) is 5.56 Å². The number of fused-ring (bicyclic) bond motifs is 1. The lowest BCUT2D eigenvalue weighted by atomic mass is 9.95. The number of rotatable bonds is 3. The Morgan fingerprint density at radius 1 is 1.22 bits per heavy atom. The number of benzene rings is 1. The highest BCUT2D eigenvalue weighted by molar-refractivity contribution is 7.89. The Hall–Kier alpha value is -1.71. The summed E-state index contributed by atoms with van der Waals surface area (Å²) in [4.78, 5) is 4.24. The van der Waals surface area contributed by atoms with E-state index in [2.05, 4.69) is 10.1 Å². The summed E-state index contributed by atoms with van der Waals surface area (Å²) in [6.07, 6.45) is 2.76. The summed E-state index contributed by atoms with van der Waals surface area (Å²) >= 11 is 6.12. The summed E-state index contributed by atoms with van der Waals surface area (Å²) in [7, 11) is -3.72. The highest BCUT2D eigenvalue weighted by atomic mass is 35.5. The molecule has 0 amide bonds. The zero-order chi connectivity index (χ0) is 18.5. The first-order valence-electron chi connectivity index (χ1n) is 8.19. The first-order chi connectivity index (χ1) is 12.4. The maximum absolute atomic E-state index is 13.0. The first-order valence-corrected chi connectivity index (χ1v) is 10.0. The maximum Gasteiger partial charge on any atom is 0.246 e. The fraction of sp³-hybridized carbons (Fsp3) is 0.294. The number of hydrogen-bond donors (Lipinski definition) is 1. The van der Waals surface area contributed by atoms with Crippen molar-refractivity contribution in [1.29, 1.82) is 0 Å². The molecule has 1 aliphatic rings. The van der Waals surface area contributed by atoms with Crippen LogP contribution in [0.5, 0.6) is 0 Å². The van der Waals surface area contributed by atoms with Gasteiger partial charge in [-0.05, 0) is 12.5 Å². The molecule has 2 atom stereocenters. The number of nitrogens with two attached hydrogens (primary N) is 1. The topological polar surface area (TPSA) is 93.6 Å². The maximum atomic E-state index is 13.0. The highest BCUT2D eigenvalue weighted by Gasteiger charge is 2.38. The minimum absolute atomic E-state index is 0. The van der Waals surface area contributed by atoms with Gasteiger partial charge in [0.15, 0.2) is 5.65 Å². The number of nitrogens with zero attached hydrogens (tertiary/aromatic N) is 4. The monoisotopic (exact) mass is 427 g/mol. The van der Waals surface area contributed by atoms with Crippen molar-refractivity contribution >= 4 is 39.7 Å². The second kappa shape index (κ2) is 7.37. The van der Waals surface area contributed by atoms with Gasteiger partial charge in [-0.25, -0.2) is 17.9 Å².